The second-order valence-electron chi connectivity index (χ2n) is 6.79. The number of aryl methyl sites for hydroxylation is 1. The van der Waals surface area contributed by atoms with Crippen molar-refractivity contribution >= 4 is 0 Å². The van der Waals surface area contributed by atoms with E-state index in [1.807, 2.05) is 37.5 Å². The van der Waals surface area contributed by atoms with Gasteiger partial charge in [-0.15, -0.1) is 0 Å². The maximum Gasteiger partial charge on any atom is 0.158 e. The van der Waals surface area contributed by atoms with Gasteiger partial charge in [0.25, 0.3) is 0 Å². The number of furan rings is 1. The number of hydrogen-bond donors (Lipinski definition) is 0. The summed E-state index contributed by atoms with van der Waals surface area (Å²) in [4.78, 5) is 15.7. The minimum atomic E-state index is 0.119. The fourth-order valence-electron chi connectivity index (χ4n) is 2.79. The fourth-order valence-corrected chi connectivity index (χ4v) is 2.79. The molecule has 0 amide bonds. The lowest BCUT2D eigenvalue weighted by Crippen LogP contribution is -2.24. The van der Waals surface area contributed by atoms with Gasteiger partial charge < -0.3 is 8.98 Å². The van der Waals surface area contributed by atoms with Crippen LogP contribution in [0.15, 0.2) is 41.2 Å². The van der Waals surface area contributed by atoms with Crippen molar-refractivity contribution in [3.05, 3.63) is 54.1 Å². The maximum atomic E-state index is 5.85. The monoisotopic (exact) mass is 339 g/mol. The summed E-state index contributed by atoms with van der Waals surface area (Å²) in [5.41, 5.74) is 0.844. The second-order valence-corrected chi connectivity index (χ2v) is 6.79. The van der Waals surface area contributed by atoms with Crippen molar-refractivity contribution in [2.24, 2.45) is 0 Å². The lowest BCUT2D eigenvalue weighted by molar-refractivity contribution is 0.231. The van der Waals surface area contributed by atoms with Crippen molar-refractivity contribution in [1.82, 2.24) is 24.4 Å². The average Bonchev–Trinajstić information content (AvgIpc) is 3.21. The van der Waals surface area contributed by atoms with Crippen LogP contribution in [0.1, 0.15) is 43.2 Å². The highest BCUT2D eigenvalue weighted by atomic mass is 16.3. The Morgan fingerprint density at radius 3 is 2.56 bits per heavy atom. The van der Waals surface area contributed by atoms with E-state index in [4.69, 9.17) is 4.42 Å². The van der Waals surface area contributed by atoms with Gasteiger partial charge >= 0.3 is 0 Å². The molecule has 3 heterocycles. The Bertz CT molecular complexity index is 834. The molecule has 3 aromatic rings. The van der Waals surface area contributed by atoms with E-state index in [0.717, 1.165) is 35.4 Å². The Balaban J connectivity index is 1.92. The van der Waals surface area contributed by atoms with Gasteiger partial charge in [-0.05, 0) is 39.2 Å². The molecule has 6 heteroatoms. The molecule has 0 spiro atoms. The molecular weight excluding hydrogens is 314 g/mol. The number of nitrogens with zero attached hydrogens (tertiary/aromatic N) is 5. The maximum absolute atomic E-state index is 5.85. The summed E-state index contributed by atoms with van der Waals surface area (Å²) in [5, 5.41) is 0. The molecule has 0 N–H and O–H groups in total. The zero-order valence-corrected chi connectivity index (χ0v) is 15.5. The molecule has 3 aromatic heterocycles. The number of aromatic nitrogens is 4. The van der Waals surface area contributed by atoms with Gasteiger partial charge in [0.05, 0.1) is 6.04 Å². The van der Waals surface area contributed by atoms with Gasteiger partial charge in [-0.25, -0.2) is 15.0 Å². The molecule has 0 bridgehead atoms. The molecule has 1 atom stereocenters. The first kappa shape index (κ1) is 17.4. The van der Waals surface area contributed by atoms with Crippen LogP contribution in [0.25, 0.3) is 11.5 Å². The topological polar surface area (TPSA) is 60.0 Å². The quantitative estimate of drug-likeness (QED) is 0.686. The summed E-state index contributed by atoms with van der Waals surface area (Å²) in [5.74, 6) is 3.83. The minimum Gasteiger partial charge on any atom is -0.465 e. The normalized spacial score (nSPS) is 12.9. The molecule has 0 saturated carbocycles. The first-order valence-corrected chi connectivity index (χ1v) is 8.53. The zero-order valence-electron chi connectivity index (χ0n) is 15.5. The standard InChI is InChI=1S/C19H25N5O/c1-13(2)18-20-9-8-15(22-18)19-21-10-11-24(19)12-16(23(4)5)17-7-6-14(3)25-17/h6-11,13,16H,12H2,1-5H3. The molecule has 0 aliphatic heterocycles. The summed E-state index contributed by atoms with van der Waals surface area (Å²) >= 11 is 0. The molecular formula is C19H25N5O. The van der Waals surface area contributed by atoms with E-state index in [9.17, 15) is 0 Å². The molecule has 0 aromatic carbocycles. The van der Waals surface area contributed by atoms with Crippen molar-refractivity contribution in [2.45, 2.75) is 39.3 Å². The SMILES string of the molecule is Cc1ccc(C(Cn2ccnc2-c2ccnc(C(C)C)n2)N(C)C)o1. The Kier molecular flexibility index (Phi) is 4.99. The van der Waals surface area contributed by atoms with Crippen LogP contribution in [0.3, 0.4) is 0 Å². The Hall–Kier alpha value is -2.47. The molecule has 0 radical (unpaired) electrons. The van der Waals surface area contributed by atoms with Crippen molar-refractivity contribution < 1.29 is 4.42 Å². The number of imidazole rings is 1. The van der Waals surface area contributed by atoms with E-state index < -0.39 is 0 Å². The molecule has 3 rings (SSSR count). The van der Waals surface area contributed by atoms with Crippen LogP contribution in [0, 0.1) is 6.92 Å². The Labute approximate surface area is 148 Å². The van der Waals surface area contributed by atoms with Crippen molar-refractivity contribution in [2.75, 3.05) is 14.1 Å². The van der Waals surface area contributed by atoms with Gasteiger partial charge in [-0.2, -0.15) is 0 Å². The summed E-state index contributed by atoms with van der Waals surface area (Å²) < 4.78 is 7.97. The highest BCUT2D eigenvalue weighted by Gasteiger charge is 2.20. The zero-order chi connectivity index (χ0) is 18.0. The van der Waals surface area contributed by atoms with Gasteiger partial charge in [0.2, 0.25) is 0 Å². The van der Waals surface area contributed by atoms with E-state index >= 15 is 0 Å². The highest BCUT2D eigenvalue weighted by molar-refractivity contribution is 5.49. The van der Waals surface area contributed by atoms with Crippen molar-refractivity contribution in [3.63, 3.8) is 0 Å². The summed E-state index contributed by atoms with van der Waals surface area (Å²) in [6.45, 7) is 6.88. The third-order valence-corrected chi connectivity index (χ3v) is 4.22. The summed E-state index contributed by atoms with van der Waals surface area (Å²) in [6.07, 6.45) is 5.60. The highest BCUT2D eigenvalue weighted by Crippen LogP contribution is 2.25. The lowest BCUT2D eigenvalue weighted by atomic mass is 10.2. The molecule has 0 aliphatic rings. The summed E-state index contributed by atoms with van der Waals surface area (Å²) in [6, 6.07) is 6.07. The molecule has 1 unspecified atom stereocenters. The van der Waals surface area contributed by atoms with E-state index in [1.165, 1.54) is 0 Å². The van der Waals surface area contributed by atoms with Gasteiger partial charge in [0.1, 0.15) is 23.0 Å². The third kappa shape index (κ3) is 3.79. The van der Waals surface area contributed by atoms with E-state index in [2.05, 4.69) is 52.4 Å². The number of likely N-dealkylation sites (N-methyl/N-ethyl adjacent to an activating group) is 1. The Morgan fingerprint density at radius 2 is 1.92 bits per heavy atom. The van der Waals surface area contributed by atoms with Crippen molar-refractivity contribution in [1.29, 1.82) is 0 Å². The molecule has 6 nitrogen and oxygen atoms in total. The minimum absolute atomic E-state index is 0.119. The molecule has 132 valence electrons. The number of hydrogen-bond acceptors (Lipinski definition) is 5. The van der Waals surface area contributed by atoms with Crippen LogP contribution in [-0.4, -0.2) is 38.5 Å². The predicted molar refractivity (Wildman–Crippen MR) is 97.2 cm³/mol. The van der Waals surface area contributed by atoms with Crippen LogP contribution in [0.4, 0.5) is 0 Å². The van der Waals surface area contributed by atoms with Crippen LogP contribution in [-0.2, 0) is 6.54 Å². The van der Waals surface area contributed by atoms with E-state index in [0.29, 0.717) is 0 Å². The largest absolute Gasteiger partial charge is 0.465 e. The van der Waals surface area contributed by atoms with Crippen LogP contribution in [0.5, 0.6) is 0 Å². The van der Waals surface area contributed by atoms with Crippen molar-refractivity contribution in [3.8, 4) is 11.5 Å². The molecule has 0 saturated heterocycles. The van der Waals surface area contributed by atoms with E-state index in [1.54, 1.807) is 6.20 Å². The average molecular weight is 339 g/mol. The number of rotatable bonds is 6. The molecule has 25 heavy (non-hydrogen) atoms. The predicted octanol–water partition coefficient (Wildman–Crippen LogP) is 3.67. The molecule has 0 fully saturated rings. The van der Waals surface area contributed by atoms with Gasteiger partial charge in [0, 0.05) is 31.1 Å². The first-order chi connectivity index (χ1) is 12.0. The Morgan fingerprint density at radius 1 is 1.12 bits per heavy atom. The van der Waals surface area contributed by atoms with Crippen LogP contribution in [0.2, 0.25) is 0 Å². The third-order valence-electron chi connectivity index (χ3n) is 4.22. The van der Waals surface area contributed by atoms with Crippen LogP contribution >= 0.6 is 0 Å². The van der Waals surface area contributed by atoms with Gasteiger partial charge in [0.15, 0.2) is 5.82 Å². The van der Waals surface area contributed by atoms with Crippen LogP contribution < -0.4 is 0 Å². The smallest absolute Gasteiger partial charge is 0.158 e. The lowest BCUT2D eigenvalue weighted by Gasteiger charge is -2.23. The summed E-state index contributed by atoms with van der Waals surface area (Å²) in [7, 11) is 4.11. The fraction of sp³-hybridized carbons (Fsp3) is 0.421. The first-order valence-electron chi connectivity index (χ1n) is 8.53. The molecule has 0 aliphatic carbocycles. The second kappa shape index (κ2) is 7.19. The van der Waals surface area contributed by atoms with Gasteiger partial charge in [-0.3, -0.25) is 4.90 Å². The van der Waals surface area contributed by atoms with Gasteiger partial charge in [-0.1, -0.05) is 13.8 Å². The van der Waals surface area contributed by atoms with E-state index in [-0.39, 0.29) is 12.0 Å².